The standard InChI is InChI=1S/C49H49BClNO7Si/c1-49(2,3)60(39-18-9-5-10-19-39,40-20-11-6-12-21-40)59-30-35-27-41-46(48(55)52(47(41)54)37-17-13-16-36(28-37)50(56)57)42-31-58-44(45(35)42)25-23-33(32-14-7-4-8-15-32)26-34-22-24-38(53)29-43(34)51/h4-22,24,26,28-29,41-42,44,46,53,56-57H,23,25,27,30-31H2,1-3H3/b33-26-/t41-,42+,44-,46-/m1/s1. The van der Waals surface area contributed by atoms with Crippen LogP contribution in [0.15, 0.2) is 145 Å². The molecule has 60 heavy (non-hydrogen) atoms. The molecular formula is C49H49BClNO7Si. The number of amides is 2. The summed E-state index contributed by atoms with van der Waals surface area (Å²) in [5, 5.41) is 32.4. The summed E-state index contributed by atoms with van der Waals surface area (Å²) in [6.07, 6.45) is 3.26. The first kappa shape index (κ1) is 41.7. The lowest BCUT2D eigenvalue weighted by Gasteiger charge is -2.44. The zero-order chi connectivity index (χ0) is 42.2. The topological polar surface area (TPSA) is 117 Å². The lowest BCUT2D eigenvalue weighted by molar-refractivity contribution is -0.122. The highest BCUT2D eigenvalue weighted by Crippen LogP contribution is 2.51. The van der Waals surface area contributed by atoms with E-state index >= 15 is 0 Å². The largest absolute Gasteiger partial charge is 0.508 e. The highest BCUT2D eigenvalue weighted by atomic mass is 35.5. The molecule has 2 aliphatic heterocycles. The maximum atomic E-state index is 14.6. The SMILES string of the molecule is CC(C)(C)[Si](OCC1=C2[C@@H](CC/C(=C/c3ccc(O)cc3Cl)c3ccccc3)OC[C@@H]2[C@@H]2C(=O)N(c3cccc(B(O)O)c3)C(=O)[C@@H]2C1)(c1ccccc1)c1ccccc1. The van der Waals surface area contributed by atoms with Crippen LogP contribution in [0.25, 0.3) is 11.6 Å². The highest BCUT2D eigenvalue weighted by Gasteiger charge is 2.58. The molecule has 8 nitrogen and oxygen atoms in total. The summed E-state index contributed by atoms with van der Waals surface area (Å²) >= 11 is 6.61. The van der Waals surface area contributed by atoms with Crippen molar-refractivity contribution >= 4 is 72.0 Å². The van der Waals surface area contributed by atoms with Gasteiger partial charge in [-0.1, -0.05) is 136 Å². The van der Waals surface area contributed by atoms with Gasteiger partial charge < -0.3 is 24.3 Å². The molecule has 11 heteroatoms. The fraction of sp³-hybridized carbons (Fsp3) is 0.265. The smallest absolute Gasteiger partial charge is 0.488 e. The van der Waals surface area contributed by atoms with E-state index in [2.05, 4.69) is 87.5 Å². The number of phenolic OH excluding ortho intramolecular Hbond substituents is 1. The number of anilines is 1. The first-order valence-electron chi connectivity index (χ1n) is 20.5. The molecule has 0 unspecified atom stereocenters. The van der Waals surface area contributed by atoms with Crippen molar-refractivity contribution in [3.05, 3.63) is 161 Å². The van der Waals surface area contributed by atoms with Crippen LogP contribution in [0.2, 0.25) is 10.1 Å². The van der Waals surface area contributed by atoms with Crippen LogP contribution in [-0.2, 0) is 18.8 Å². The molecular weight excluding hydrogens is 789 g/mol. The summed E-state index contributed by atoms with van der Waals surface area (Å²) in [6, 6.07) is 42.3. The minimum absolute atomic E-state index is 0.0939. The summed E-state index contributed by atoms with van der Waals surface area (Å²) in [5.74, 6) is -2.14. The Morgan fingerprint density at radius 1 is 0.850 bits per heavy atom. The van der Waals surface area contributed by atoms with Gasteiger partial charge in [-0.25, -0.2) is 0 Å². The third-order valence-corrected chi connectivity index (χ3v) is 17.8. The number of hydrogen-bond donors (Lipinski definition) is 3. The number of carbonyl (C=O) groups excluding carboxylic acids is 2. The Kier molecular flexibility index (Phi) is 11.9. The van der Waals surface area contributed by atoms with Crippen molar-refractivity contribution < 1.29 is 33.9 Å². The van der Waals surface area contributed by atoms with Gasteiger partial charge in [0.1, 0.15) is 5.75 Å². The molecule has 2 saturated heterocycles. The summed E-state index contributed by atoms with van der Waals surface area (Å²) in [7, 11) is -4.75. The number of allylic oxidation sites excluding steroid dienone is 1. The molecule has 5 aromatic carbocycles. The average Bonchev–Trinajstić information content (AvgIpc) is 3.78. The van der Waals surface area contributed by atoms with Gasteiger partial charge in [0.05, 0.1) is 41.9 Å². The second-order valence-corrected chi connectivity index (χ2v) is 21.7. The first-order chi connectivity index (χ1) is 28.9. The number of fused-ring (bicyclic) bond motifs is 3. The van der Waals surface area contributed by atoms with Crippen LogP contribution in [0.1, 0.15) is 51.2 Å². The third-order valence-electron chi connectivity index (χ3n) is 12.4. The minimum atomic E-state index is -3.00. The number of nitrogens with zero attached hydrogens (tertiary/aromatic N) is 1. The predicted octanol–water partition coefficient (Wildman–Crippen LogP) is 7.14. The lowest BCUT2D eigenvalue weighted by Crippen LogP contribution is -2.66. The van der Waals surface area contributed by atoms with Crippen LogP contribution < -0.4 is 20.7 Å². The Morgan fingerprint density at radius 2 is 1.50 bits per heavy atom. The van der Waals surface area contributed by atoms with Crippen LogP contribution in [0.3, 0.4) is 0 Å². The van der Waals surface area contributed by atoms with Crippen molar-refractivity contribution in [2.45, 2.75) is 51.2 Å². The molecule has 0 saturated carbocycles. The summed E-state index contributed by atoms with van der Waals surface area (Å²) in [4.78, 5) is 30.3. The molecule has 2 heterocycles. The van der Waals surface area contributed by atoms with E-state index in [0.29, 0.717) is 30.0 Å². The van der Waals surface area contributed by atoms with Crippen molar-refractivity contribution in [2.75, 3.05) is 18.1 Å². The van der Waals surface area contributed by atoms with Gasteiger partial charge in [-0.15, -0.1) is 0 Å². The molecule has 0 bridgehead atoms. The van der Waals surface area contributed by atoms with Gasteiger partial charge in [-0.3, -0.25) is 14.5 Å². The second kappa shape index (κ2) is 17.1. The zero-order valence-electron chi connectivity index (χ0n) is 34.0. The van der Waals surface area contributed by atoms with E-state index < -0.39 is 27.3 Å². The molecule has 4 atom stereocenters. The molecule has 5 aromatic rings. The normalized spacial score (nSPS) is 20.7. The molecule has 0 spiro atoms. The van der Waals surface area contributed by atoms with E-state index in [1.807, 2.05) is 30.3 Å². The van der Waals surface area contributed by atoms with E-state index in [-0.39, 0.29) is 53.3 Å². The van der Waals surface area contributed by atoms with E-state index in [9.17, 15) is 24.7 Å². The Hall–Kier alpha value is -5.07. The second-order valence-electron chi connectivity index (χ2n) is 17.0. The Labute approximate surface area is 358 Å². The van der Waals surface area contributed by atoms with E-state index in [0.717, 1.165) is 38.2 Å². The summed E-state index contributed by atoms with van der Waals surface area (Å²) in [5.41, 5.74) is 5.40. The van der Waals surface area contributed by atoms with E-state index in [1.54, 1.807) is 30.3 Å². The first-order valence-corrected chi connectivity index (χ1v) is 22.8. The van der Waals surface area contributed by atoms with Gasteiger partial charge in [0.25, 0.3) is 8.32 Å². The molecule has 3 N–H and O–H groups in total. The molecule has 1 aliphatic carbocycles. The molecule has 0 radical (unpaired) electrons. The van der Waals surface area contributed by atoms with Crippen LogP contribution >= 0.6 is 11.6 Å². The number of benzene rings is 5. The van der Waals surface area contributed by atoms with Crippen LogP contribution in [0.5, 0.6) is 5.75 Å². The number of phenols is 1. The van der Waals surface area contributed by atoms with Crippen molar-refractivity contribution in [3.63, 3.8) is 0 Å². The molecule has 2 fully saturated rings. The number of hydrogen-bond acceptors (Lipinski definition) is 7. The fourth-order valence-electron chi connectivity index (χ4n) is 9.70. The number of rotatable bonds is 12. The molecule has 3 aliphatic rings. The number of carbonyl (C=O) groups is 2. The zero-order valence-corrected chi connectivity index (χ0v) is 35.8. The predicted molar refractivity (Wildman–Crippen MR) is 241 cm³/mol. The maximum Gasteiger partial charge on any atom is 0.488 e. The fourth-order valence-corrected chi connectivity index (χ4v) is 14.5. The third kappa shape index (κ3) is 7.84. The van der Waals surface area contributed by atoms with Gasteiger partial charge in [-0.05, 0) is 104 Å². The van der Waals surface area contributed by atoms with Crippen LogP contribution in [0, 0.1) is 17.8 Å². The van der Waals surface area contributed by atoms with Crippen molar-refractivity contribution in [2.24, 2.45) is 17.8 Å². The number of halogens is 1. The minimum Gasteiger partial charge on any atom is -0.508 e. The van der Waals surface area contributed by atoms with Crippen LogP contribution in [0.4, 0.5) is 5.69 Å². The quantitative estimate of drug-likeness (QED) is 0.0530. The van der Waals surface area contributed by atoms with Gasteiger partial charge in [0.2, 0.25) is 11.8 Å². The number of imide groups is 1. The Balaban J connectivity index is 1.20. The summed E-state index contributed by atoms with van der Waals surface area (Å²) < 4.78 is 14.3. The monoisotopic (exact) mass is 837 g/mol. The summed E-state index contributed by atoms with van der Waals surface area (Å²) in [6.45, 7) is 7.26. The van der Waals surface area contributed by atoms with E-state index in [4.69, 9.17) is 20.8 Å². The number of aromatic hydroxyl groups is 1. The van der Waals surface area contributed by atoms with Crippen molar-refractivity contribution in [1.82, 2.24) is 0 Å². The van der Waals surface area contributed by atoms with Gasteiger partial charge >= 0.3 is 7.12 Å². The average molecular weight is 838 g/mol. The highest BCUT2D eigenvalue weighted by molar-refractivity contribution is 6.99. The van der Waals surface area contributed by atoms with Crippen molar-refractivity contribution in [3.8, 4) is 5.75 Å². The van der Waals surface area contributed by atoms with Gasteiger partial charge in [0, 0.05) is 5.92 Å². The Bertz CT molecular complexity index is 2400. The molecule has 306 valence electrons. The maximum absolute atomic E-state index is 14.6. The lowest BCUT2D eigenvalue weighted by atomic mass is 9.69. The van der Waals surface area contributed by atoms with Crippen molar-refractivity contribution in [1.29, 1.82) is 0 Å². The molecule has 0 aromatic heterocycles. The van der Waals surface area contributed by atoms with Gasteiger partial charge in [-0.2, -0.15) is 0 Å². The molecule has 2 amide bonds. The van der Waals surface area contributed by atoms with E-state index in [1.165, 1.54) is 17.0 Å². The van der Waals surface area contributed by atoms with Crippen LogP contribution in [-0.4, -0.2) is 61.7 Å². The number of ether oxygens (including phenoxy) is 1. The molecule has 8 rings (SSSR count). The Morgan fingerprint density at radius 3 is 2.12 bits per heavy atom. The van der Waals surface area contributed by atoms with Gasteiger partial charge in [0.15, 0.2) is 0 Å².